The molecule has 1 saturated heterocycles. The maximum atomic E-state index is 11.3. The Hall–Kier alpha value is -1.53. The van der Waals surface area contributed by atoms with Gasteiger partial charge in [0.1, 0.15) is 0 Å². The molecule has 0 amide bonds. The lowest BCUT2D eigenvalue weighted by Gasteiger charge is -2.24. The Morgan fingerprint density at radius 3 is 2.56 bits per heavy atom. The van der Waals surface area contributed by atoms with Crippen LogP contribution in [0, 0.1) is 10.6 Å². The smallest absolute Gasteiger partial charge is 0.314 e. The zero-order valence-electron chi connectivity index (χ0n) is 9.80. The summed E-state index contributed by atoms with van der Waals surface area (Å²) in [5, 5.41) is 15.8. The highest BCUT2D eigenvalue weighted by Crippen LogP contribution is 2.14. The van der Waals surface area contributed by atoms with Gasteiger partial charge in [0.05, 0.1) is 23.5 Å². The molecule has 1 aliphatic heterocycles. The van der Waals surface area contributed by atoms with Gasteiger partial charge in [-0.25, -0.2) is 0 Å². The number of rotatable bonds is 4. The predicted octanol–water partition coefficient (Wildman–Crippen LogP) is 1.05. The molecule has 0 bridgehead atoms. The summed E-state index contributed by atoms with van der Waals surface area (Å²) in [6.45, 7) is 6.20. The van der Waals surface area contributed by atoms with Gasteiger partial charge in [0.15, 0.2) is 0 Å². The standard InChI is InChI=1S/C9H17N3O4/c1-9(2,3)8(13)15-7-16-10-12(14)11-5-4-6-11/h4-7H2,1-3H3/b12-10-. The third-order valence-electron chi connectivity index (χ3n) is 2.06. The molecule has 16 heavy (non-hydrogen) atoms. The van der Waals surface area contributed by atoms with E-state index in [-0.39, 0.29) is 6.79 Å². The first-order valence-corrected chi connectivity index (χ1v) is 5.13. The zero-order chi connectivity index (χ0) is 12.2. The Bertz CT molecular complexity index is 281. The highest BCUT2D eigenvalue weighted by atomic mass is 16.8. The third kappa shape index (κ3) is 3.56. The molecule has 7 heteroatoms. The van der Waals surface area contributed by atoms with Crippen molar-refractivity contribution in [1.82, 2.24) is 5.01 Å². The van der Waals surface area contributed by atoms with Gasteiger partial charge < -0.3 is 14.8 Å². The Labute approximate surface area is 94.1 Å². The second-order valence-corrected chi connectivity index (χ2v) is 4.57. The lowest BCUT2D eigenvalue weighted by atomic mass is 9.98. The van der Waals surface area contributed by atoms with E-state index in [1.165, 1.54) is 5.01 Å². The van der Waals surface area contributed by atoms with Crippen molar-refractivity contribution in [3.63, 3.8) is 0 Å². The van der Waals surface area contributed by atoms with Crippen LogP contribution in [0.2, 0.25) is 0 Å². The summed E-state index contributed by atoms with van der Waals surface area (Å²) < 4.78 is 4.75. The van der Waals surface area contributed by atoms with E-state index in [1.54, 1.807) is 20.8 Å². The van der Waals surface area contributed by atoms with Gasteiger partial charge in [-0.2, -0.15) is 0 Å². The third-order valence-corrected chi connectivity index (χ3v) is 2.06. The first-order valence-electron chi connectivity index (χ1n) is 5.13. The average molecular weight is 231 g/mol. The molecule has 0 unspecified atom stereocenters. The molecule has 7 nitrogen and oxygen atoms in total. The van der Waals surface area contributed by atoms with Crippen molar-refractivity contribution in [1.29, 1.82) is 0 Å². The Balaban J connectivity index is 2.18. The summed E-state index contributed by atoms with van der Waals surface area (Å²) in [4.78, 5) is 16.2. The van der Waals surface area contributed by atoms with E-state index in [2.05, 4.69) is 10.1 Å². The molecule has 0 N–H and O–H groups in total. The average Bonchev–Trinajstić information content (AvgIpc) is 2.07. The van der Waals surface area contributed by atoms with E-state index >= 15 is 0 Å². The van der Waals surface area contributed by atoms with Crippen LogP contribution in [0.5, 0.6) is 0 Å². The number of carbonyl (C=O) groups excluding carboxylic acids is 1. The van der Waals surface area contributed by atoms with Crippen molar-refractivity contribution in [2.24, 2.45) is 10.7 Å². The molecule has 1 heterocycles. The fourth-order valence-corrected chi connectivity index (χ4v) is 0.892. The van der Waals surface area contributed by atoms with Crippen LogP contribution in [0.3, 0.4) is 0 Å². The fraction of sp³-hybridized carbons (Fsp3) is 0.889. The van der Waals surface area contributed by atoms with Crippen molar-refractivity contribution in [2.45, 2.75) is 27.2 Å². The predicted molar refractivity (Wildman–Crippen MR) is 53.7 cm³/mol. The summed E-state index contributed by atoms with van der Waals surface area (Å²) in [5.74, 6) is -0.399. The van der Waals surface area contributed by atoms with Crippen molar-refractivity contribution in [2.75, 3.05) is 19.9 Å². The summed E-state index contributed by atoms with van der Waals surface area (Å²) in [6, 6.07) is 0. The van der Waals surface area contributed by atoms with E-state index in [0.717, 1.165) is 6.42 Å². The van der Waals surface area contributed by atoms with E-state index in [0.29, 0.717) is 18.1 Å². The molecule has 0 radical (unpaired) electrons. The van der Waals surface area contributed by atoms with E-state index in [4.69, 9.17) is 4.74 Å². The first kappa shape index (κ1) is 12.5. The summed E-state index contributed by atoms with van der Waals surface area (Å²) in [5.41, 5.74) is -0.585. The monoisotopic (exact) mass is 231 g/mol. The minimum atomic E-state index is -0.585. The Kier molecular flexibility index (Phi) is 3.92. The summed E-state index contributed by atoms with van der Waals surface area (Å²) in [7, 11) is 0. The van der Waals surface area contributed by atoms with Gasteiger partial charge in [0.25, 0.3) is 6.79 Å². The second-order valence-electron chi connectivity index (χ2n) is 4.57. The molecule has 1 aliphatic rings. The highest BCUT2D eigenvalue weighted by molar-refractivity contribution is 5.75. The maximum Gasteiger partial charge on any atom is 0.314 e. The SMILES string of the molecule is CC(C)(C)C(=O)OCO/N=[N+](\[O-])N1CCC1. The van der Waals surface area contributed by atoms with Crippen LogP contribution < -0.4 is 0 Å². The number of hydrazine groups is 1. The minimum absolute atomic E-state index is 0.345. The number of carbonyl (C=O) groups is 1. The van der Waals surface area contributed by atoms with Crippen LogP contribution in [-0.2, 0) is 14.4 Å². The number of hydrogen-bond acceptors (Lipinski definition) is 5. The fourth-order valence-electron chi connectivity index (χ4n) is 0.892. The topological polar surface area (TPSA) is 77.2 Å². The Morgan fingerprint density at radius 1 is 1.50 bits per heavy atom. The van der Waals surface area contributed by atoms with Crippen molar-refractivity contribution in [3.05, 3.63) is 5.21 Å². The maximum absolute atomic E-state index is 11.3. The molecule has 92 valence electrons. The van der Waals surface area contributed by atoms with Gasteiger partial charge in [-0.05, 0) is 27.2 Å². The molecule has 1 rings (SSSR count). The number of nitrogens with zero attached hydrogens (tertiary/aromatic N) is 3. The highest BCUT2D eigenvalue weighted by Gasteiger charge is 2.24. The number of esters is 1. The van der Waals surface area contributed by atoms with Crippen molar-refractivity contribution >= 4 is 5.97 Å². The molecule has 0 aromatic rings. The molecular weight excluding hydrogens is 214 g/mol. The molecule has 1 fully saturated rings. The van der Waals surface area contributed by atoms with Gasteiger partial charge in [-0.3, -0.25) is 4.79 Å². The molecule has 0 spiro atoms. The van der Waals surface area contributed by atoms with Crippen LogP contribution >= 0.6 is 0 Å². The Morgan fingerprint density at radius 2 is 2.12 bits per heavy atom. The van der Waals surface area contributed by atoms with Crippen molar-refractivity contribution in [3.8, 4) is 0 Å². The van der Waals surface area contributed by atoms with Crippen LogP contribution in [0.1, 0.15) is 27.2 Å². The van der Waals surface area contributed by atoms with Gasteiger partial charge in [0, 0.05) is 0 Å². The van der Waals surface area contributed by atoms with Crippen molar-refractivity contribution < 1.29 is 19.3 Å². The number of hydrogen-bond donors (Lipinski definition) is 0. The first-order chi connectivity index (χ1) is 7.41. The van der Waals surface area contributed by atoms with Crippen LogP contribution in [0.15, 0.2) is 5.28 Å². The molecule has 0 aromatic carbocycles. The van der Waals surface area contributed by atoms with Gasteiger partial charge in [-0.1, -0.05) is 0 Å². The van der Waals surface area contributed by atoms with E-state index in [9.17, 15) is 10.0 Å². The van der Waals surface area contributed by atoms with Crippen LogP contribution in [0.4, 0.5) is 0 Å². The van der Waals surface area contributed by atoms with Gasteiger partial charge in [-0.15, -0.1) is 5.01 Å². The zero-order valence-corrected chi connectivity index (χ0v) is 9.80. The lowest BCUT2D eigenvalue weighted by Crippen LogP contribution is -2.42. The lowest BCUT2D eigenvalue weighted by molar-refractivity contribution is -0.723. The normalized spacial score (nSPS) is 16.7. The largest absolute Gasteiger partial charge is 0.569 e. The summed E-state index contributed by atoms with van der Waals surface area (Å²) >= 11 is 0. The van der Waals surface area contributed by atoms with E-state index in [1.807, 2.05) is 0 Å². The molecule has 0 atom stereocenters. The second kappa shape index (κ2) is 5.00. The molecule has 0 aliphatic carbocycles. The molecular formula is C9H17N3O4. The minimum Gasteiger partial charge on any atom is -0.569 e. The molecule has 0 saturated carbocycles. The summed E-state index contributed by atoms with van der Waals surface area (Å²) in [6.07, 6.45) is 0.979. The van der Waals surface area contributed by atoms with E-state index < -0.39 is 11.4 Å². The van der Waals surface area contributed by atoms with Gasteiger partial charge >= 0.3 is 5.97 Å². The van der Waals surface area contributed by atoms with Gasteiger partial charge in [0.2, 0.25) is 5.28 Å². The van der Waals surface area contributed by atoms with Crippen LogP contribution in [-0.4, -0.2) is 35.8 Å². The van der Waals surface area contributed by atoms with Crippen LogP contribution in [0.25, 0.3) is 0 Å². The number of ether oxygens (including phenoxy) is 1. The quantitative estimate of drug-likeness (QED) is 0.180. The molecule has 0 aromatic heterocycles.